The number of fused-ring (bicyclic) bond motifs is 1. The molecule has 1 aliphatic rings. The minimum atomic E-state index is -0.0640. The third-order valence-corrected chi connectivity index (χ3v) is 9.10. The number of amides is 1. The van der Waals surface area contributed by atoms with Gasteiger partial charge in [0.2, 0.25) is 0 Å². The second kappa shape index (κ2) is 17.9. The molecule has 2 heterocycles. The Morgan fingerprint density at radius 1 is 0.958 bits per heavy atom. The second-order valence-electron chi connectivity index (χ2n) is 12.6. The average molecular weight is 668 g/mol. The van der Waals surface area contributed by atoms with Crippen LogP contribution < -0.4 is 15.0 Å². The molecular formula is C39H49N5O3S. The van der Waals surface area contributed by atoms with E-state index in [1.54, 1.807) is 16.6 Å². The number of thioether (sulfide) groups is 1. The van der Waals surface area contributed by atoms with Crippen molar-refractivity contribution in [1.82, 2.24) is 15.0 Å². The fourth-order valence-electron chi connectivity index (χ4n) is 5.60. The van der Waals surface area contributed by atoms with Gasteiger partial charge in [-0.2, -0.15) is 15.0 Å². The number of carbonyl (C=O) groups excluding carboxylic acids is 1. The summed E-state index contributed by atoms with van der Waals surface area (Å²) in [5.41, 5.74) is 6.95. The van der Waals surface area contributed by atoms with Crippen molar-refractivity contribution >= 4 is 35.1 Å². The van der Waals surface area contributed by atoms with Gasteiger partial charge in [0.15, 0.2) is 0 Å². The molecule has 0 radical (unpaired) electrons. The topological polar surface area (TPSA) is 81.5 Å². The molecule has 0 fully saturated rings. The first-order valence-electron chi connectivity index (χ1n) is 17.3. The van der Waals surface area contributed by atoms with Crippen molar-refractivity contribution in [2.24, 2.45) is 5.92 Å². The highest BCUT2D eigenvalue weighted by atomic mass is 32.2. The minimum absolute atomic E-state index is 0.0640. The summed E-state index contributed by atoms with van der Waals surface area (Å²) in [6.45, 7) is 13.2. The van der Waals surface area contributed by atoms with Crippen molar-refractivity contribution in [3.63, 3.8) is 0 Å². The fourth-order valence-corrected chi connectivity index (χ4v) is 6.38. The van der Waals surface area contributed by atoms with Crippen molar-refractivity contribution in [3.8, 4) is 16.9 Å². The molecule has 1 N–H and O–H groups in total. The number of nitrogens with zero attached hydrogens (tertiary/aromatic N) is 4. The summed E-state index contributed by atoms with van der Waals surface area (Å²) >= 11 is 1.71. The van der Waals surface area contributed by atoms with Crippen LogP contribution in [-0.2, 0) is 21.8 Å². The van der Waals surface area contributed by atoms with E-state index in [2.05, 4.69) is 84.5 Å². The number of carbonyl (C=O) groups is 1. The maximum absolute atomic E-state index is 13.6. The Bertz CT molecular complexity index is 1630. The summed E-state index contributed by atoms with van der Waals surface area (Å²) in [6, 6.07) is 22.8. The highest BCUT2D eigenvalue weighted by Crippen LogP contribution is 2.34. The maximum atomic E-state index is 13.6. The van der Waals surface area contributed by atoms with Gasteiger partial charge in [-0.05, 0) is 96.5 Å². The van der Waals surface area contributed by atoms with E-state index in [1.807, 2.05) is 42.6 Å². The van der Waals surface area contributed by atoms with E-state index in [0.29, 0.717) is 25.6 Å². The Hall–Kier alpha value is -4.08. The first-order chi connectivity index (χ1) is 23.4. The zero-order chi connectivity index (χ0) is 33.7. The van der Waals surface area contributed by atoms with Gasteiger partial charge in [-0.1, -0.05) is 52.3 Å². The van der Waals surface area contributed by atoms with Gasteiger partial charge in [0.25, 0.3) is 5.91 Å². The smallest absolute Gasteiger partial charge is 0.251 e. The van der Waals surface area contributed by atoms with E-state index in [4.69, 9.17) is 9.47 Å². The lowest BCUT2D eigenvalue weighted by Gasteiger charge is -2.27. The monoisotopic (exact) mass is 667 g/mol. The first-order valence-corrected chi connectivity index (χ1v) is 18.2. The first kappa shape index (κ1) is 35.2. The number of nitrogens with one attached hydrogen (secondary N) is 1. The molecule has 0 aliphatic carbocycles. The van der Waals surface area contributed by atoms with Crippen LogP contribution in [0.1, 0.15) is 64.6 Å². The summed E-state index contributed by atoms with van der Waals surface area (Å²) in [5.74, 6) is 2.02. The van der Waals surface area contributed by atoms with Gasteiger partial charge in [-0.15, -0.1) is 11.8 Å². The third-order valence-electron chi connectivity index (χ3n) is 8.06. The number of ether oxygens (including phenoxy) is 2. The summed E-state index contributed by atoms with van der Waals surface area (Å²) in [6.07, 6.45) is 7.79. The van der Waals surface area contributed by atoms with Crippen molar-refractivity contribution < 1.29 is 14.3 Å². The number of aryl methyl sites for hydroxylation is 1. The maximum Gasteiger partial charge on any atom is 0.251 e. The SMILES string of the molecule is CCCCOCCOc1ccc(-c2ccc3c(c2)C=C(C(=O)Nc2ccc(SCc4cnn(CCC)n4)cc2)CCN3CC(C)C)cc1. The number of anilines is 2. The molecule has 4 aromatic rings. The van der Waals surface area contributed by atoms with E-state index in [1.165, 1.54) is 0 Å². The molecule has 254 valence electrons. The molecule has 0 saturated carbocycles. The number of hydrogen-bond acceptors (Lipinski definition) is 7. The highest BCUT2D eigenvalue weighted by molar-refractivity contribution is 7.98. The van der Waals surface area contributed by atoms with E-state index in [9.17, 15) is 4.79 Å². The molecular weight excluding hydrogens is 619 g/mol. The molecule has 0 atom stereocenters. The molecule has 8 nitrogen and oxygen atoms in total. The Morgan fingerprint density at radius 2 is 1.75 bits per heavy atom. The molecule has 0 saturated heterocycles. The molecule has 1 amide bonds. The normalized spacial score (nSPS) is 12.9. The van der Waals surface area contributed by atoms with Crippen molar-refractivity contribution in [1.29, 1.82) is 0 Å². The van der Waals surface area contributed by atoms with Crippen molar-refractivity contribution in [2.75, 3.05) is 43.1 Å². The number of aromatic nitrogens is 3. The lowest BCUT2D eigenvalue weighted by Crippen LogP contribution is -2.29. The molecule has 1 aromatic heterocycles. The molecule has 0 spiro atoms. The number of rotatable bonds is 17. The summed E-state index contributed by atoms with van der Waals surface area (Å²) < 4.78 is 11.5. The zero-order valence-electron chi connectivity index (χ0n) is 28.8. The Labute approximate surface area is 289 Å². The molecule has 1 aliphatic heterocycles. The van der Waals surface area contributed by atoms with Crippen molar-refractivity contribution in [2.45, 2.75) is 70.6 Å². The van der Waals surface area contributed by atoms with Crippen LogP contribution in [0.4, 0.5) is 11.4 Å². The van der Waals surface area contributed by atoms with Crippen LogP contribution in [0.25, 0.3) is 17.2 Å². The minimum Gasteiger partial charge on any atom is -0.491 e. The molecule has 3 aromatic carbocycles. The molecule has 9 heteroatoms. The van der Waals surface area contributed by atoms with Crippen LogP contribution in [0.5, 0.6) is 5.75 Å². The van der Waals surface area contributed by atoms with E-state index >= 15 is 0 Å². The standard InChI is InChI=1S/C39H49N5O3S/c1-5-7-21-46-22-23-47-36-13-8-30(9-14-36)31-10-17-38-33(24-31)25-32(18-20-43(38)27-29(3)4)39(45)41-34-11-15-37(16-12-34)48-28-35-26-40-44(42-35)19-6-2/h8-17,24-26,29H,5-7,18-23,27-28H2,1-4H3,(H,41,45). The van der Waals surface area contributed by atoms with Gasteiger partial charge < -0.3 is 19.7 Å². The van der Waals surface area contributed by atoms with Crippen LogP contribution >= 0.6 is 11.8 Å². The highest BCUT2D eigenvalue weighted by Gasteiger charge is 2.21. The fraction of sp³-hybridized carbons (Fsp3) is 0.410. The number of hydrogen-bond donors (Lipinski definition) is 1. The van der Waals surface area contributed by atoms with Gasteiger partial charge in [-0.3, -0.25) is 4.79 Å². The average Bonchev–Trinajstić information content (AvgIpc) is 3.46. The quantitative estimate of drug-likeness (QED) is 0.0891. The Kier molecular flexibility index (Phi) is 13.1. The van der Waals surface area contributed by atoms with Gasteiger partial charge in [0.05, 0.1) is 25.0 Å². The van der Waals surface area contributed by atoms with Gasteiger partial charge in [0.1, 0.15) is 12.4 Å². The predicted molar refractivity (Wildman–Crippen MR) is 198 cm³/mol. The molecule has 5 rings (SSSR count). The Balaban J connectivity index is 1.25. The summed E-state index contributed by atoms with van der Waals surface area (Å²) in [5, 5.41) is 12.0. The van der Waals surface area contributed by atoms with Gasteiger partial charge in [-0.25, -0.2) is 0 Å². The second-order valence-corrected chi connectivity index (χ2v) is 13.6. The predicted octanol–water partition coefficient (Wildman–Crippen LogP) is 8.73. The van der Waals surface area contributed by atoms with Crippen LogP contribution in [0.3, 0.4) is 0 Å². The lowest BCUT2D eigenvalue weighted by atomic mass is 10.00. The number of unbranched alkanes of at least 4 members (excludes halogenated alkanes) is 1. The van der Waals surface area contributed by atoms with Crippen LogP contribution in [0, 0.1) is 5.92 Å². The van der Waals surface area contributed by atoms with E-state index < -0.39 is 0 Å². The third kappa shape index (κ3) is 10.2. The van der Waals surface area contributed by atoms with Crippen molar-refractivity contribution in [3.05, 3.63) is 89.8 Å². The van der Waals surface area contributed by atoms with E-state index in [-0.39, 0.29) is 5.91 Å². The van der Waals surface area contributed by atoms with Crippen LogP contribution in [-0.4, -0.2) is 53.8 Å². The molecule has 0 unspecified atom stereocenters. The lowest BCUT2D eigenvalue weighted by molar-refractivity contribution is -0.112. The largest absolute Gasteiger partial charge is 0.491 e. The zero-order valence-corrected chi connectivity index (χ0v) is 29.6. The summed E-state index contributed by atoms with van der Waals surface area (Å²) in [7, 11) is 0. The van der Waals surface area contributed by atoms with Gasteiger partial charge in [0, 0.05) is 47.3 Å². The van der Waals surface area contributed by atoms with Crippen LogP contribution in [0.15, 0.2) is 83.4 Å². The molecule has 48 heavy (non-hydrogen) atoms. The molecule has 0 bridgehead atoms. The van der Waals surface area contributed by atoms with Crippen LogP contribution in [0.2, 0.25) is 0 Å². The summed E-state index contributed by atoms with van der Waals surface area (Å²) in [4.78, 5) is 18.9. The Morgan fingerprint density at radius 3 is 2.50 bits per heavy atom. The van der Waals surface area contributed by atoms with E-state index in [0.717, 1.165) is 101 Å². The number of benzene rings is 3. The van der Waals surface area contributed by atoms with Gasteiger partial charge >= 0.3 is 0 Å².